The minimum Gasteiger partial charge on any atom is -0.462 e. The first-order chi connectivity index (χ1) is 7.87. The molecule has 0 spiro atoms. The lowest BCUT2D eigenvalue weighted by Crippen LogP contribution is -2.21. The van der Waals surface area contributed by atoms with Gasteiger partial charge in [-0.1, -0.05) is 12.1 Å². The number of nitrogens with one attached hydrogen (secondary N) is 1. The molecular weight excluding hydrogens is 220 g/mol. The number of rotatable bonds is 4. The number of anilines is 1. The zero-order valence-corrected chi connectivity index (χ0v) is 11.5. The number of carbonyl (C=O) groups is 1. The molecule has 0 saturated carbocycles. The summed E-state index contributed by atoms with van der Waals surface area (Å²) >= 11 is 0. The highest BCUT2D eigenvalue weighted by atomic mass is 16.5. The molecule has 1 rings (SSSR count). The third-order valence-corrected chi connectivity index (χ3v) is 2.61. The van der Waals surface area contributed by atoms with Gasteiger partial charge >= 0.3 is 0 Å². The van der Waals surface area contributed by atoms with Gasteiger partial charge in [0, 0.05) is 12.6 Å². The Balaban J connectivity index is 0.000000304. The minimum absolute atomic E-state index is 0.276. The van der Waals surface area contributed by atoms with Crippen LogP contribution in [-0.4, -0.2) is 24.3 Å². The Morgan fingerprint density at radius 3 is 2.24 bits per heavy atom. The smallest absolute Gasteiger partial charge is 0.293 e. The lowest BCUT2D eigenvalue weighted by molar-refractivity contribution is -0.140. The molecule has 1 N–H and O–H groups in total. The molecule has 0 atom stereocenters. The molecule has 0 aliphatic heterocycles. The van der Waals surface area contributed by atoms with E-state index in [-0.39, 0.29) is 5.60 Å². The van der Waals surface area contributed by atoms with E-state index in [9.17, 15) is 4.79 Å². The molecule has 5 heteroatoms. The van der Waals surface area contributed by atoms with E-state index in [0.717, 1.165) is 23.6 Å². The molecule has 0 saturated heterocycles. The van der Waals surface area contributed by atoms with Crippen LogP contribution in [0.3, 0.4) is 0 Å². The van der Waals surface area contributed by atoms with Crippen LogP contribution < -0.4 is 5.32 Å². The molecule has 0 fully saturated rings. The van der Waals surface area contributed by atoms with Crippen molar-refractivity contribution in [1.29, 1.82) is 0 Å². The lowest BCUT2D eigenvalue weighted by atomic mass is 10.1. The second kappa shape index (κ2) is 6.93. The maximum absolute atomic E-state index is 9.76. The second-order valence-corrected chi connectivity index (χ2v) is 4.29. The van der Waals surface area contributed by atoms with Gasteiger partial charge in [-0.05, 0) is 34.1 Å². The summed E-state index contributed by atoms with van der Waals surface area (Å²) in [5.74, 6) is 1.70. The van der Waals surface area contributed by atoms with Gasteiger partial charge in [0.15, 0.2) is 5.82 Å². The normalized spacial score (nSPS) is 10.2. The molecule has 5 nitrogen and oxygen atoms in total. The van der Waals surface area contributed by atoms with Crippen LogP contribution in [-0.2, 0) is 9.53 Å². The van der Waals surface area contributed by atoms with Crippen molar-refractivity contribution in [3.05, 3.63) is 11.3 Å². The summed E-state index contributed by atoms with van der Waals surface area (Å²) < 4.78 is 9.57. The number of hydrogen-bond acceptors (Lipinski definition) is 5. The Kier molecular flexibility index (Phi) is 6.31. The van der Waals surface area contributed by atoms with E-state index in [1.807, 2.05) is 41.7 Å². The van der Waals surface area contributed by atoms with Gasteiger partial charge in [0.25, 0.3) is 6.47 Å². The van der Waals surface area contributed by atoms with Crippen LogP contribution in [0.4, 0.5) is 5.82 Å². The summed E-state index contributed by atoms with van der Waals surface area (Å²) in [6.45, 7) is 10.1. The first kappa shape index (κ1) is 15.5. The number of hydrogen-bond donors (Lipinski definition) is 1. The third kappa shape index (κ3) is 5.38. The summed E-state index contributed by atoms with van der Waals surface area (Å²) in [5, 5.41) is 6.66. The van der Waals surface area contributed by atoms with Crippen molar-refractivity contribution in [1.82, 2.24) is 5.16 Å². The highest BCUT2D eigenvalue weighted by Gasteiger charge is 2.13. The summed E-state index contributed by atoms with van der Waals surface area (Å²) in [4.78, 5) is 9.76. The van der Waals surface area contributed by atoms with E-state index < -0.39 is 0 Å². The van der Waals surface area contributed by atoms with Crippen LogP contribution in [0.5, 0.6) is 0 Å². The fourth-order valence-corrected chi connectivity index (χ4v) is 0.865. The Hall–Kier alpha value is -1.52. The van der Waals surface area contributed by atoms with Crippen molar-refractivity contribution < 1.29 is 14.1 Å². The van der Waals surface area contributed by atoms with Gasteiger partial charge in [-0.3, -0.25) is 4.79 Å². The molecule has 17 heavy (non-hydrogen) atoms. The van der Waals surface area contributed by atoms with Crippen LogP contribution in [0.1, 0.15) is 38.5 Å². The predicted octanol–water partition coefficient (Wildman–Crippen LogP) is 2.68. The first-order valence-electron chi connectivity index (χ1n) is 5.60. The molecule has 0 aliphatic carbocycles. The standard InChI is InChI=1S/C6H10N2O.C6H12O2/c1-4-5(2)9-8-6(4)7-3;1-4-6(2,3)8-5-7/h1-3H3,(H,7,8);5H,4H2,1-3H3. The first-order valence-corrected chi connectivity index (χ1v) is 5.60. The molecule has 1 aromatic heterocycles. The van der Waals surface area contributed by atoms with Crippen molar-refractivity contribution >= 4 is 12.3 Å². The maximum atomic E-state index is 9.76. The molecule has 1 heterocycles. The molecule has 0 aromatic carbocycles. The summed E-state index contributed by atoms with van der Waals surface area (Å²) in [5.41, 5.74) is 0.805. The number of aryl methyl sites for hydroxylation is 1. The topological polar surface area (TPSA) is 64.4 Å². The highest BCUT2D eigenvalue weighted by Crippen LogP contribution is 2.14. The Morgan fingerprint density at radius 1 is 1.47 bits per heavy atom. The van der Waals surface area contributed by atoms with Crippen molar-refractivity contribution in [2.75, 3.05) is 12.4 Å². The fourth-order valence-electron chi connectivity index (χ4n) is 0.865. The van der Waals surface area contributed by atoms with E-state index >= 15 is 0 Å². The molecule has 0 radical (unpaired) electrons. The average molecular weight is 242 g/mol. The van der Waals surface area contributed by atoms with Crippen molar-refractivity contribution in [2.24, 2.45) is 0 Å². The monoisotopic (exact) mass is 242 g/mol. The van der Waals surface area contributed by atoms with Gasteiger partial charge in [0.05, 0.1) is 0 Å². The molecule has 0 amide bonds. The Bertz CT molecular complexity index is 346. The van der Waals surface area contributed by atoms with E-state index in [1.165, 1.54) is 0 Å². The fraction of sp³-hybridized carbons (Fsp3) is 0.667. The zero-order chi connectivity index (χ0) is 13.5. The summed E-state index contributed by atoms with van der Waals surface area (Å²) in [6, 6.07) is 0. The van der Waals surface area contributed by atoms with Gasteiger partial charge in [0.2, 0.25) is 0 Å². The number of nitrogens with zero attached hydrogens (tertiary/aromatic N) is 1. The second-order valence-electron chi connectivity index (χ2n) is 4.29. The van der Waals surface area contributed by atoms with Crippen LogP contribution in [0.25, 0.3) is 0 Å². The van der Waals surface area contributed by atoms with Gasteiger partial charge in [-0.15, -0.1) is 0 Å². The zero-order valence-electron chi connectivity index (χ0n) is 11.5. The Morgan fingerprint density at radius 2 is 2.06 bits per heavy atom. The summed E-state index contributed by atoms with van der Waals surface area (Å²) in [7, 11) is 1.82. The quantitative estimate of drug-likeness (QED) is 0.822. The van der Waals surface area contributed by atoms with Gasteiger partial charge in [0.1, 0.15) is 11.4 Å². The van der Waals surface area contributed by atoms with E-state index in [2.05, 4.69) is 10.5 Å². The van der Waals surface area contributed by atoms with E-state index in [4.69, 9.17) is 9.26 Å². The highest BCUT2D eigenvalue weighted by molar-refractivity contribution is 5.42. The van der Waals surface area contributed by atoms with Gasteiger partial charge < -0.3 is 14.6 Å². The van der Waals surface area contributed by atoms with E-state index in [1.54, 1.807) is 0 Å². The molecule has 0 bridgehead atoms. The van der Waals surface area contributed by atoms with Crippen LogP contribution in [0, 0.1) is 13.8 Å². The van der Waals surface area contributed by atoms with Crippen molar-refractivity contribution in [3.8, 4) is 0 Å². The SMILES string of the molecule is CCC(C)(C)OC=O.CNc1noc(C)c1C. The van der Waals surface area contributed by atoms with Gasteiger partial charge in [-0.2, -0.15) is 0 Å². The molecule has 1 aromatic rings. The van der Waals surface area contributed by atoms with Crippen LogP contribution >= 0.6 is 0 Å². The Labute approximate surface area is 103 Å². The molecule has 0 aliphatic rings. The van der Waals surface area contributed by atoms with Crippen molar-refractivity contribution in [2.45, 2.75) is 46.6 Å². The third-order valence-electron chi connectivity index (χ3n) is 2.61. The summed E-state index contributed by atoms with van der Waals surface area (Å²) in [6.07, 6.45) is 0.853. The van der Waals surface area contributed by atoms with Crippen LogP contribution in [0.2, 0.25) is 0 Å². The molecule has 98 valence electrons. The van der Waals surface area contributed by atoms with Gasteiger partial charge in [-0.25, -0.2) is 0 Å². The lowest BCUT2D eigenvalue weighted by Gasteiger charge is -2.19. The predicted molar refractivity (Wildman–Crippen MR) is 67.0 cm³/mol. The van der Waals surface area contributed by atoms with Crippen LogP contribution in [0.15, 0.2) is 4.52 Å². The van der Waals surface area contributed by atoms with E-state index in [0.29, 0.717) is 6.47 Å². The average Bonchev–Trinajstić information content (AvgIpc) is 2.60. The number of carbonyl (C=O) groups excluding carboxylic acids is 1. The largest absolute Gasteiger partial charge is 0.462 e. The number of aromatic nitrogens is 1. The number of ether oxygens (including phenoxy) is 1. The maximum Gasteiger partial charge on any atom is 0.293 e. The molecular formula is C12H22N2O3. The minimum atomic E-state index is -0.276. The van der Waals surface area contributed by atoms with Crippen molar-refractivity contribution in [3.63, 3.8) is 0 Å². The molecule has 0 unspecified atom stereocenters.